The van der Waals surface area contributed by atoms with Crippen LogP contribution in [0.1, 0.15) is 11.4 Å². The third kappa shape index (κ3) is 2.76. The normalized spacial score (nSPS) is 11.4. The second-order valence-electron chi connectivity index (χ2n) is 4.32. The highest BCUT2D eigenvalue weighted by molar-refractivity contribution is 5.40. The summed E-state index contributed by atoms with van der Waals surface area (Å²) in [6.45, 7) is 0. The lowest BCUT2D eigenvalue weighted by molar-refractivity contribution is -0.146. The number of rotatable bonds is 2. The van der Waals surface area contributed by atoms with Gasteiger partial charge in [0.15, 0.2) is 17.2 Å². The summed E-state index contributed by atoms with van der Waals surface area (Å²) in [5.41, 5.74) is -0.0543. The molecular weight excluding hydrogens is 318 g/mol. The second-order valence-corrected chi connectivity index (χ2v) is 4.32. The van der Waals surface area contributed by atoms with Gasteiger partial charge in [0.1, 0.15) is 0 Å². The van der Waals surface area contributed by atoms with Crippen LogP contribution >= 0.6 is 0 Å². The van der Waals surface area contributed by atoms with Gasteiger partial charge >= 0.3 is 6.18 Å². The van der Waals surface area contributed by atoms with Gasteiger partial charge in [-0.15, -0.1) is 15.3 Å². The lowest BCUT2D eigenvalue weighted by Gasteiger charge is -2.07. The molecule has 0 bridgehead atoms. The van der Waals surface area contributed by atoms with E-state index in [4.69, 9.17) is 10.00 Å². The molecule has 0 saturated carbocycles. The predicted molar refractivity (Wildman–Crippen MR) is 67.0 cm³/mol. The zero-order valence-electron chi connectivity index (χ0n) is 11.0. The molecule has 1 aromatic carbocycles. The zero-order valence-corrected chi connectivity index (χ0v) is 11.0. The minimum Gasteiger partial charge on any atom is -0.434 e. The Labute approximate surface area is 125 Å². The number of hydrogen-bond donors (Lipinski definition) is 0. The van der Waals surface area contributed by atoms with Gasteiger partial charge in [-0.3, -0.25) is 0 Å². The second kappa shape index (κ2) is 5.20. The van der Waals surface area contributed by atoms with Crippen molar-refractivity contribution in [1.82, 2.24) is 19.8 Å². The van der Waals surface area contributed by atoms with Crippen LogP contribution in [-0.2, 0) is 6.18 Å². The van der Waals surface area contributed by atoms with Crippen LogP contribution in [0.25, 0.3) is 5.65 Å². The Morgan fingerprint density at radius 2 is 1.91 bits per heavy atom. The smallest absolute Gasteiger partial charge is 0.434 e. The van der Waals surface area contributed by atoms with E-state index in [1.807, 2.05) is 0 Å². The Bertz CT molecular complexity index is 928. The van der Waals surface area contributed by atoms with Gasteiger partial charge < -0.3 is 4.74 Å². The number of alkyl halides is 3. The molecule has 3 rings (SSSR count). The first-order valence-corrected chi connectivity index (χ1v) is 6.05. The zero-order chi connectivity index (χ0) is 16.6. The van der Waals surface area contributed by atoms with Crippen molar-refractivity contribution in [1.29, 1.82) is 5.26 Å². The largest absolute Gasteiger partial charge is 0.453 e. The molecule has 0 saturated heterocycles. The first-order chi connectivity index (χ1) is 10.9. The number of nitrogens with zero attached hydrogens (tertiary/aromatic N) is 5. The van der Waals surface area contributed by atoms with Crippen LogP contribution in [0.15, 0.2) is 30.3 Å². The molecule has 0 amide bonds. The average molecular weight is 323 g/mol. The summed E-state index contributed by atoms with van der Waals surface area (Å²) in [5, 5.41) is 18.6. The molecule has 0 atom stereocenters. The quantitative estimate of drug-likeness (QED) is 0.678. The number of ether oxygens (including phenoxy) is 1. The summed E-state index contributed by atoms with van der Waals surface area (Å²) in [7, 11) is 0. The molecule has 0 unspecified atom stereocenters. The van der Waals surface area contributed by atoms with Crippen LogP contribution in [0.5, 0.6) is 11.6 Å². The molecule has 0 aliphatic rings. The molecule has 116 valence electrons. The Morgan fingerprint density at radius 1 is 1.13 bits per heavy atom. The maximum absolute atomic E-state index is 13.7. The number of aromatic nitrogens is 4. The van der Waals surface area contributed by atoms with Crippen molar-refractivity contribution in [2.75, 3.05) is 0 Å². The van der Waals surface area contributed by atoms with Gasteiger partial charge in [-0.25, -0.2) is 4.39 Å². The molecule has 10 heteroatoms. The fraction of sp³-hybridized carbons (Fsp3) is 0.0769. The van der Waals surface area contributed by atoms with Crippen LogP contribution < -0.4 is 4.74 Å². The van der Waals surface area contributed by atoms with Gasteiger partial charge in [-0.1, -0.05) is 0 Å². The average Bonchev–Trinajstić information content (AvgIpc) is 2.92. The third-order valence-corrected chi connectivity index (χ3v) is 2.77. The minimum atomic E-state index is -4.75. The SMILES string of the molecule is N#Cc1ccc(Oc2ccc3nnc(C(F)(F)F)n3n2)c(F)c1. The molecule has 23 heavy (non-hydrogen) atoms. The topological polar surface area (TPSA) is 76.1 Å². The number of nitriles is 1. The Hall–Kier alpha value is -3.22. The highest BCUT2D eigenvalue weighted by Crippen LogP contribution is 2.29. The Morgan fingerprint density at radius 3 is 2.57 bits per heavy atom. The monoisotopic (exact) mass is 323 g/mol. The highest BCUT2D eigenvalue weighted by atomic mass is 19.4. The summed E-state index contributed by atoms with van der Waals surface area (Å²) in [5.74, 6) is -2.73. The standard InChI is InChI=1S/C13H5F4N5O/c14-8-5-7(6-18)1-2-9(8)23-11-4-3-10-19-20-12(13(15,16)17)22(10)21-11/h1-5H. The first kappa shape index (κ1) is 14.7. The number of benzene rings is 1. The van der Waals surface area contributed by atoms with Gasteiger partial charge in [0.25, 0.3) is 5.82 Å². The summed E-state index contributed by atoms with van der Waals surface area (Å²) in [6, 6.07) is 7.59. The lowest BCUT2D eigenvalue weighted by atomic mass is 10.2. The van der Waals surface area contributed by atoms with E-state index in [1.165, 1.54) is 24.3 Å². The van der Waals surface area contributed by atoms with E-state index in [2.05, 4.69) is 15.3 Å². The van der Waals surface area contributed by atoms with Crippen molar-refractivity contribution in [3.05, 3.63) is 47.5 Å². The van der Waals surface area contributed by atoms with Crippen LogP contribution in [-0.4, -0.2) is 19.8 Å². The van der Waals surface area contributed by atoms with E-state index in [9.17, 15) is 17.6 Å². The van der Waals surface area contributed by atoms with Crippen molar-refractivity contribution in [3.63, 3.8) is 0 Å². The van der Waals surface area contributed by atoms with Crippen molar-refractivity contribution in [2.24, 2.45) is 0 Å². The summed E-state index contributed by atoms with van der Waals surface area (Å²) in [6.07, 6.45) is -4.75. The molecule has 0 fully saturated rings. The summed E-state index contributed by atoms with van der Waals surface area (Å²) < 4.78 is 57.6. The van der Waals surface area contributed by atoms with E-state index in [1.54, 1.807) is 6.07 Å². The lowest BCUT2D eigenvalue weighted by Crippen LogP contribution is -2.12. The minimum absolute atomic E-state index is 0.0800. The molecule has 6 nitrogen and oxygen atoms in total. The maximum atomic E-state index is 13.7. The number of halogens is 4. The molecule has 0 radical (unpaired) electrons. The van der Waals surface area contributed by atoms with E-state index < -0.39 is 17.8 Å². The molecule has 0 spiro atoms. The van der Waals surface area contributed by atoms with E-state index in [0.717, 1.165) is 6.07 Å². The molecule has 0 aliphatic carbocycles. The molecular formula is C13H5F4N5O. The van der Waals surface area contributed by atoms with Crippen LogP contribution in [0.4, 0.5) is 17.6 Å². The van der Waals surface area contributed by atoms with Crippen molar-refractivity contribution < 1.29 is 22.3 Å². The van der Waals surface area contributed by atoms with Gasteiger partial charge in [0.05, 0.1) is 11.6 Å². The molecule has 0 aliphatic heterocycles. The number of fused-ring (bicyclic) bond motifs is 1. The molecule has 2 heterocycles. The van der Waals surface area contributed by atoms with E-state index in [-0.39, 0.29) is 22.8 Å². The number of hydrogen-bond acceptors (Lipinski definition) is 5. The van der Waals surface area contributed by atoms with Gasteiger partial charge in [0, 0.05) is 6.07 Å². The first-order valence-electron chi connectivity index (χ1n) is 6.05. The van der Waals surface area contributed by atoms with E-state index >= 15 is 0 Å². The van der Waals surface area contributed by atoms with E-state index in [0.29, 0.717) is 4.52 Å². The molecule has 0 N–H and O–H groups in total. The van der Waals surface area contributed by atoms with Gasteiger partial charge in [0.2, 0.25) is 5.88 Å². The Kier molecular flexibility index (Phi) is 3.33. The predicted octanol–water partition coefficient (Wildman–Crippen LogP) is 2.95. The fourth-order valence-electron chi connectivity index (χ4n) is 1.77. The summed E-state index contributed by atoms with van der Waals surface area (Å²) >= 11 is 0. The molecule has 2 aromatic heterocycles. The van der Waals surface area contributed by atoms with Crippen molar-refractivity contribution in [2.45, 2.75) is 6.18 Å². The summed E-state index contributed by atoms with van der Waals surface area (Å²) in [4.78, 5) is 0. The van der Waals surface area contributed by atoms with Crippen LogP contribution in [0.2, 0.25) is 0 Å². The van der Waals surface area contributed by atoms with Gasteiger partial charge in [-0.05, 0) is 24.3 Å². The fourth-order valence-corrected chi connectivity index (χ4v) is 1.77. The van der Waals surface area contributed by atoms with Gasteiger partial charge in [-0.2, -0.15) is 22.9 Å². The Balaban J connectivity index is 2.00. The third-order valence-electron chi connectivity index (χ3n) is 2.77. The maximum Gasteiger partial charge on any atom is 0.453 e. The van der Waals surface area contributed by atoms with Crippen LogP contribution in [0.3, 0.4) is 0 Å². The van der Waals surface area contributed by atoms with Crippen molar-refractivity contribution >= 4 is 5.65 Å². The van der Waals surface area contributed by atoms with Crippen LogP contribution in [0, 0.1) is 17.1 Å². The highest BCUT2D eigenvalue weighted by Gasteiger charge is 2.37. The molecule has 3 aromatic rings. The van der Waals surface area contributed by atoms with Crippen molar-refractivity contribution in [3.8, 4) is 17.7 Å².